The number of rotatable bonds is 8. The summed E-state index contributed by atoms with van der Waals surface area (Å²) in [6, 6.07) is 20.1. The Morgan fingerprint density at radius 2 is 1.46 bits per heavy atom. The van der Waals surface area contributed by atoms with Crippen LogP contribution >= 0.6 is 0 Å². The number of ether oxygens (including phenoxy) is 1. The molecule has 0 radical (unpaired) electrons. The van der Waals surface area contributed by atoms with Gasteiger partial charge in [0.1, 0.15) is 0 Å². The summed E-state index contributed by atoms with van der Waals surface area (Å²) >= 11 is 0. The fourth-order valence-electron chi connectivity index (χ4n) is 3.12. The van der Waals surface area contributed by atoms with E-state index in [9.17, 15) is 9.59 Å². The number of esters is 1. The fraction of sp³-hybridized carbons (Fsp3) is 0.364. The summed E-state index contributed by atoms with van der Waals surface area (Å²) in [5.41, 5.74) is 2.23. The van der Waals surface area contributed by atoms with Crippen LogP contribution in [-0.4, -0.2) is 37.0 Å². The number of nitrogens with zero attached hydrogens (tertiary/aromatic N) is 1. The van der Waals surface area contributed by atoms with Gasteiger partial charge in [0.25, 0.3) is 0 Å². The number of carbonyl (C=O) groups excluding carboxylic acids is 2. The molecule has 1 amide bonds. The van der Waals surface area contributed by atoms with Crippen LogP contribution in [0.5, 0.6) is 0 Å². The molecule has 1 atom stereocenters. The molecule has 2 aromatic carbocycles. The number of carbonyl (C=O) groups is 2. The highest BCUT2D eigenvalue weighted by atomic mass is 16.5. The zero-order valence-corrected chi connectivity index (χ0v) is 15.7. The molecule has 138 valence electrons. The molecule has 2 rings (SSSR count). The van der Waals surface area contributed by atoms with E-state index in [1.54, 1.807) is 11.8 Å². The predicted octanol–water partition coefficient (Wildman–Crippen LogP) is 3.87. The quantitative estimate of drug-likeness (QED) is 0.677. The zero-order chi connectivity index (χ0) is 18.9. The first kappa shape index (κ1) is 19.7. The van der Waals surface area contributed by atoms with Crippen molar-refractivity contribution >= 4 is 11.9 Å². The second kappa shape index (κ2) is 9.76. The number of benzene rings is 2. The second-order valence-electron chi connectivity index (χ2n) is 6.43. The van der Waals surface area contributed by atoms with Gasteiger partial charge in [-0.2, -0.15) is 0 Å². The van der Waals surface area contributed by atoms with Gasteiger partial charge < -0.3 is 9.64 Å². The number of hydrogen-bond acceptors (Lipinski definition) is 3. The molecule has 0 heterocycles. The Bertz CT molecular complexity index is 660. The largest absolute Gasteiger partial charge is 0.469 e. The molecule has 0 saturated heterocycles. The van der Waals surface area contributed by atoms with Gasteiger partial charge in [-0.3, -0.25) is 9.59 Å². The Morgan fingerprint density at radius 3 is 1.88 bits per heavy atom. The van der Waals surface area contributed by atoms with Crippen molar-refractivity contribution in [1.82, 2.24) is 4.90 Å². The minimum absolute atomic E-state index is 0.00705. The van der Waals surface area contributed by atoms with E-state index in [4.69, 9.17) is 4.74 Å². The van der Waals surface area contributed by atoms with E-state index in [0.717, 1.165) is 11.1 Å². The highest BCUT2D eigenvalue weighted by molar-refractivity contribution is 5.79. The molecule has 0 aromatic heterocycles. The Morgan fingerprint density at radius 1 is 0.962 bits per heavy atom. The molecule has 0 fully saturated rings. The molecule has 26 heavy (non-hydrogen) atoms. The maximum Gasteiger partial charge on any atom is 0.310 e. The van der Waals surface area contributed by atoms with E-state index in [-0.39, 0.29) is 23.7 Å². The van der Waals surface area contributed by atoms with E-state index >= 15 is 0 Å². The molecule has 0 N–H and O–H groups in total. The van der Waals surface area contributed by atoms with Crippen molar-refractivity contribution in [2.24, 2.45) is 5.92 Å². The van der Waals surface area contributed by atoms with Crippen LogP contribution in [-0.2, 0) is 14.3 Å². The molecule has 0 aliphatic heterocycles. The highest BCUT2D eigenvalue weighted by Crippen LogP contribution is 2.28. The summed E-state index contributed by atoms with van der Waals surface area (Å²) < 4.78 is 4.78. The predicted molar refractivity (Wildman–Crippen MR) is 103 cm³/mol. The van der Waals surface area contributed by atoms with Crippen molar-refractivity contribution in [3.05, 3.63) is 71.8 Å². The van der Waals surface area contributed by atoms with Gasteiger partial charge in [0.15, 0.2) is 0 Å². The lowest BCUT2D eigenvalue weighted by atomic mass is 9.88. The van der Waals surface area contributed by atoms with E-state index in [1.165, 1.54) is 7.11 Å². The van der Waals surface area contributed by atoms with Crippen molar-refractivity contribution in [2.45, 2.75) is 26.2 Å². The van der Waals surface area contributed by atoms with Crippen molar-refractivity contribution in [2.75, 3.05) is 20.2 Å². The average molecular weight is 353 g/mol. The Labute approximate surface area is 155 Å². The van der Waals surface area contributed by atoms with Gasteiger partial charge in [0, 0.05) is 25.4 Å². The molecule has 0 saturated carbocycles. The van der Waals surface area contributed by atoms with E-state index < -0.39 is 0 Å². The van der Waals surface area contributed by atoms with Gasteiger partial charge in [-0.15, -0.1) is 0 Å². The molecule has 0 spiro atoms. The number of methoxy groups -OCH3 is 1. The summed E-state index contributed by atoms with van der Waals surface area (Å²) in [5.74, 6) is -0.594. The maximum absolute atomic E-state index is 13.0. The lowest BCUT2D eigenvalue weighted by Crippen LogP contribution is -2.37. The minimum Gasteiger partial charge on any atom is -0.469 e. The smallest absolute Gasteiger partial charge is 0.310 e. The molecule has 0 bridgehead atoms. The number of amides is 1. The van der Waals surface area contributed by atoms with E-state index in [0.29, 0.717) is 19.5 Å². The van der Waals surface area contributed by atoms with Crippen LogP contribution in [0.4, 0.5) is 0 Å². The summed E-state index contributed by atoms with van der Waals surface area (Å²) in [5, 5.41) is 0. The monoisotopic (exact) mass is 353 g/mol. The molecule has 4 heteroatoms. The second-order valence-corrected chi connectivity index (χ2v) is 6.43. The Hall–Kier alpha value is -2.62. The third-order valence-corrected chi connectivity index (χ3v) is 4.61. The molecule has 0 aliphatic carbocycles. The zero-order valence-electron chi connectivity index (χ0n) is 15.7. The first-order chi connectivity index (χ1) is 12.6. The van der Waals surface area contributed by atoms with Crippen molar-refractivity contribution in [1.29, 1.82) is 0 Å². The average Bonchev–Trinajstić information content (AvgIpc) is 2.70. The summed E-state index contributed by atoms with van der Waals surface area (Å²) in [6.45, 7) is 4.66. The minimum atomic E-state index is -0.337. The van der Waals surface area contributed by atoms with Crippen LogP contribution < -0.4 is 0 Å². The van der Waals surface area contributed by atoms with Gasteiger partial charge in [0.2, 0.25) is 5.91 Å². The molecule has 4 nitrogen and oxygen atoms in total. The van der Waals surface area contributed by atoms with Crippen LogP contribution in [0.3, 0.4) is 0 Å². The normalized spacial score (nSPS) is 11.8. The van der Waals surface area contributed by atoms with Crippen molar-refractivity contribution in [3.8, 4) is 0 Å². The van der Waals surface area contributed by atoms with Crippen LogP contribution in [0, 0.1) is 5.92 Å². The summed E-state index contributed by atoms with van der Waals surface area (Å²) in [4.78, 5) is 26.4. The maximum atomic E-state index is 13.0. The standard InChI is InChI=1S/C22H27NO3/c1-4-23(16-17(2)22(25)26-3)21(24)15-20(18-11-7-5-8-12-18)19-13-9-6-10-14-19/h5-14,17,20H,4,15-16H2,1-3H3. The molecular weight excluding hydrogens is 326 g/mol. The van der Waals surface area contributed by atoms with Gasteiger partial charge in [-0.05, 0) is 18.1 Å². The third kappa shape index (κ3) is 5.19. The van der Waals surface area contributed by atoms with Gasteiger partial charge in [-0.25, -0.2) is 0 Å². The topological polar surface area (TPSA) is 46.6 Å². The number of hydrogen-bond donors (Lipinski definition) is 0. The van der Waals surface area contributed by atoms with Crippen LogP contribution in [0.25, 0.3) is 0 Å². The first-order valence-electron chi connectivity index (χ1n) is 9.02. The molecule has 1 unspecified atom stereocenters. The lowest BCUT2D eigenvalue weighted by molar-refractivity contribution is -0.146. The molecular formula is C22H27NO3. The van der Waals surface area contributed by atoms with E-state index in [2.05, 4.69) is 24.3 Å². The molecule has 2 aromatic rings. The Balaban J connectivity index is 2.19. The van der Waals surface area contributed by atoms with Crippen molar-refractivity contribution in [3.63, 3.8) is 0 Å². The Kier molecular flexibility index (Phi) is 7.39. The fourth-order valence-corrected chi connectivity index (χ4v) is 3.12. The third-order valence-electron chi connectivity index (χ3n) is 4.61. The van der Waals surface area contributed by atoms with Crippen LogP contribution in [0.1, 0.15) is 37.3 Å². The SMILES string of the molecule is CCN(CC(C)C(=O)OC)C(=O)CC(c1ccccc1)c1ccccc1. The summed E-state index contributed by atoms with van der Waals surface area (Å²) in [7, 11) is 1.37. The van der Waals surface area contributed by atoms with Crippen molar-refractivity contribution < 1.29 is 14.3 Å². The summed E-state index contributed by atoms with van der Waals surface area (Å²) in [6.07, 6.45) is 0.371. The van der Waals surface area contributed by atoms with E-state index in [1.807, 2.05) is 43.3 Å². The molecule has 0 aliphatic rings. The van der Waals surface area contributed by atoms with Gasteiger partial charge >= 0.3 is 5.97 Å². The first-order valence-corrected chi connectivity index (χ1v) is 9.02. The highest BCUT2D eigenvalue weighted by Gasteiger charge is 2.24. The van der Waals surface area contributed by atoms with Crippen LogP contribution in [0.2, 0.25) is 0 Å². The van der Waals surface area contributed by atoms with Crippen LogP contribution in [0.15, 0.2) is 60.7 Å². The lowest BCUT2D eigenvalue weighted by Gasteiger charge is -2.26. The van der Waals surface area contributed by atoms with Gasteiger partial charge in [0.05, 0.1) is 13.0 Å². The van der Waals surface area contributed by atoms with Gasteiger partial charge in [-0.1, -0.05) is 67.6 Å².